The minimum atomic E-state index is -0.441. The Morgan fingerprint density at radius 1 is 1.35 bits per heavy atom. The first-order valence-electron chi connectivity index (χ1n) is 6.18. The molecule has 0 radical (unpaired) electrons. The molecule has 0 aliphatic carbocycles. The molecule has 2 rings (SSSR count). The molecule has 17 heavy (non-hydrogen) atoms. The van der Waals surface area contributed by atoms with Gasteiger partial charge in [0.2, 0.25) is 0 Å². The second kappa shape index (κ2) is 4.46. The van der Waals surface area contributed by atoms with Crippen molar-refractivity contribution in [3.63, 3.8) is 0 Å². The average molecular weight is 242 g/mol. The van der Waals surface area contributed by atoms with Gasteiger partial charge in [0.1, 0.15) is 5.60 Å². The molecule has 0 aromatic rings. The molecule has 1 amide bonds. The number of hydrogen-bond donors (Lipinski definition) is 1. The summed E-state index contributed by atoms with van der Waals surface area (Å²) in [5.41, 5.74) is 5.56. The molecule has 0 aromatic carbocycles. The van der Waals surface area contributed by atoms with E-state index >= 15 is 0 Å². The Hall–Kier alpha value is -0.810. The molecule has 2 heterocycles. The number of ether oxygens (including phenoxy) is 2. The van der Waals surface area contributed by atoms with Crippen molar-refractivity contribution in [3.05, 3.63) is 0 Å². The Morgan fingerprint density at radius 3 is 2.65 bits per heavy atom. The van der Waals surface area contributed by atoms with E-state index in [1.54, 1.807) is 4.90 Å². The number of carbonyl (C=O) groups is 1. The molecule has 2 aliphatic rings. The van der Waals surface area contributed by atoms with Gasteiger partial charge < -0.3 is 20.1 Å². The van der Waals surface area contributed by atoms with Crippen molar-refractivity contribution in [2.75, 3.05) is 26.3 Å². The molecular weight excluding hydrogens is 220 g/mol. The summed E-state index contributed by atoms with van der Waals surface area (Å²) in [4.78, 5) is 13.7. The second-order valence-corrected chi connectivity index (χ2v) is 6.01. The highest BCUT2D eigenvalue weighted by Crippen LogP contribution is 2.30. The van der Waals surface area contributed by atoms with Crippen molar-refractivity contribution in [3.8, 4) is 0 Å². The van der Waals surface area contributed by atoms with Gasteiger partial charge in [0.15, 0.2) is 0 Å². The van der Waals surface area contributed by atoms with Crippen LogP contribution in [0, 0.1) is 11.8 Å². The highest BCUT2D eigenvalue weighted by molar-refractivity contribution is 5.68. The van der Waals surface area contributed by atoms with E-state index in [1.165, 1.54) is 0 Å². The topological polar surface area (TPSA) is 64.8 Å². The third kappa shape index (κ3) is 2.90. The normalized spacial score (nSPS) is 33.4. The number of carbonyl (C=O) groups excluding carboxylic acids is 1. The number of amides is 1. The summed E-state index contributed by atoms with van der Waals surface area (Å²) < 4.78 is 10.8. The Bertz CT molecular complexity index is 301. The Morgan fingerprint density at radius 2 is 2.06 bits per heavy atom. The minimum Gasteiger partial charge on any atom is -0.444 e. The van der Waals surface area contributed by atoms with E-state index in [0.717, 1.165) is 0 Å². The van der Waals surface area contributed by atoms with Crippen LogP contribution in [-0.2, 0) is 9.47 Å². The largest absolute Gasteiger partial charge is 0.444 e. The van der Waals surface area contributed by atoms with Crippen molar-refractivity contribution in [2.24, 2.45) is 17.6 Å². The van der Waals surface area contributed by atoms with Crippen LogP contribution in [0.25, 0.3) is 0 Å². The zero-order valence-corrected chi connectivity index (χ0v) is 10.8. The first-order chi connectivity index (χ1) is 7.87. The van der Waals surface area contributed by atoms with Crippen LogP contribution in [0.15, 0.2) is 0 Å². The molecule has 0 spiro atoms. The van der Waals surface area contributed by atoms with E-state index in [4.69, 9.17) is 15.2 Å². The molecule has 0 aromatic heterocycles. The average Bonchev–Trinajstić information content (AvgIpc) is 2.60. The summed E-state index contributed by atoms with van der Waals surface area (Å²) in [6.07, 6.45) is -0.237. The van der Waals surface area contributed by atoms with Crippen LogP contribution in [0.4, 0.5) is 4.79 Å². The lowest BCUT2D eigenvalue weighted by molar-refractivity contribution is 0.0208. The summed E-state index contributed by atoms with van der Waals surface area (Å²) in [6, 6.07) is 0.0428. The molecule has 5 heteroatoms. The van der Waals surface area contributed by atoms with Gasteiger partial charge in [0.05, 0.1) is 13.2 Å². The maximum absolute atomic E-state index is 11.9. The fourth-order valence-electron chi connectivity index (χ4n) is 2.51. The van der Waals surface area contributed by atoms with E-state index in [-0.39, 0.29) is 12.1 Å². The van der Waals surface area contributed by atoms with Gasteiger partial charge in [-0.2, -0.15) is 0 Å². The van der Waals surface area contributed by atoms with Gasteiger partial charge in [-0.25, -0.2) is 4.79 Å². The second-order valence-electron chi connectivity index (χ2n) is 6.01. The third-order valence-electron chi connectivity index (χ3n) is 3.34. The van der Waals surface area contributed by atoms with Crippen LogP contribution >= 0.6 is 0 Å². The molecule has 0 saturated carbocycles. The predicted octanol–water partition coefficient (Wildman–Crippen LogP) is 0.827. The highest BCUT2D eigenvalue weighted by Gasteiger charge is 2.42. The van der Waals surface area contributed by atoms with E-state index in [9.17, 15) is 4.79 Å². The lowest BCUT2D eigenvalue weighted by Crippen LogP contribution is -2.44. The van der Waals surface area contributed by atoms with Gasteiger partial charge in [-0.1, -0.05) is 0 Å². The molecular formula is C12H22N2O3. The Kier molecular flexibility index (Phi) is 3.32. The Labute approximate surface area is 102 Å². The molecule has 2 N–H and O–H groups in total. The molecule has 98 valence electrons. The molecule has 3 atom stereocenters. The minimum absolute atomic E-state index is 0.0428. The van der Waals surface area contributed by atoms with E-state index in [1.807, 2.05) is 20.8 Å². The number of nitrogens with zero attached hydrogens (tertiary/aromatic N) is 1. The van der Waals surface area contributed by atoms with E-state index in [2.05, 4.69) is 0 Å². The monoisotopic (exact) mass is 242 g/mol. The van der Waals surface area contributed by atoms with E-state index < -0.39 is 5.60 Å². The van der Waals surface area contributed by atoms with Gasteiger partial charge in [-0.05, 0) is 20.8 Å². The van der Waals surface area contributed by atoms with Crippen LogP contribution in [0.5, 0.6) is 0 Å². The van der Waals surface area contributed by atoms with Crippen LogP contribution in [-0.4, -0.2) is 48.9 Å². The fraction of sp³-hybridized carbons (Fsp3) is 0.917. The molecule has 3 unspecified atom stereocenters. The number of nitrogens with two attached hydrogens (primary N) is 1. The highest BCUT2D eigenvalue weighted by atomic mass is 16.6. The predicted molar refractivity (Wildman–Crippen MR) is 63.6 cm³/mol. The number of fused-ring (bicyclic) bond motifs is 1. The summed E-state index contributed by atoms with van der Waals surface area (Å²) in [6.45, 7) is 8.34. The fourth-order valence-corrected chi connectivity index (χ4v) is 2.51. The first-order valence-corrected chi connectivity index (χ1v) is 6.18. The molecule has 2 saturated heterocycles. The van der Waals surface area contributed by atoms with Crippen LogP contribution in [0.3, 0.4) is 0 Å². The molecule has 2 aliphatic heterocycles. The van der Waals surface area contributed by atoms with Gasteiger partial charge in [0.25, 0.3) is 0 Å². The summed E-state index contributed by atoms with van der Waals surface area (Å²) >= 11 is 0. The number of hydrogen-bond acceptors (Lipinski definition) is 4. The third-order valence-corrected chi connectivity index (χ3v) is 3.34. The molecule has 0 bridgehead atoms. The Balaban J connectivity index is 1.95. The summed E-state index contributed by atoms with van der Waals surface area (Å²) in [7, 11) is 0. The van der Waals surface area contributed by atoms with Gasteiger partial charge in [0, 0.05) is 31.0 Å². The SMILES string of the molecule is CC(C)(C)OC(=O)N1CC2COCC(N)C2C1. The maximum Gasteiger partial charge on any atom is 0.410 e. The van der Waals surface area contributed by atoms with Gasteiger partial charge in [-0.15, -0.1) is 0 Å². The van der Waals surface area contributed by atoms with Crippen LogP contribution < -0.4 is 5.73 Å². The number of likely N-dealkylation sites (tertiary alicyclic amines) is 1. The van der Waals surface area contributed by atoms with Gasteiger partial charge >= 0.3 is 6.09 Å². The lowest BCUT2D eigenvalue weighted by atomic mass is 9.88. The van der Waals surface area contributed by atoms with Gasteiger partial charge in [-0.3, -0.25) is 0 Å². The van der Waals surface area contributed by atoms with Crippen molar-refractivity contribution in [2.45, 2.75) is 32.4 Å². The smallest absolute Gasteiger partial charge is 0.410 e. The first kappa shape index (κ1) is 12.6. The van der Waals surface area contributed by atoms with Crippen LogP contribution in [0.2, 0.25) is 0 Å². The van der Waals surface area contributed by atoms with Crippen molar-refractivity contribution in [1.82, 2.24) is 4.90 Å². The standard InChI is InChI=1S/C12H22N2O3/c1-12(2,3)17-11(15)14-4-8-6-16-7-10(13)9(8)5-14/h8-10H,4-7,13H2,1-3H3. The van der Waals surface area contributed by atoms with E-state index in [0.29, 0.717) is 38.1 Å². The quantitative estimate of drug-likeness (QED) is 0.683. The summed E-state index contributed by atoms with van der Waals surface area (Å²) in [5.74, 6) is 0.725. The van der Waals surface area contributed by atoms with Crippen molar-refractivity contribution >= 4 is 6.09 Å². The van der Waals surface area contributed by atoms with Crippen molar-refractivity contribution in [1.29, 1.82) is 0 Å². The lowest BCUT2D eigenvalue weighted by Gasteiger charge is -2.29. The maximum atomic E-state index is 11.9. The zero-order chi connectivity index (χ0) is 12.6. The zero-order valence-electron chi connectivity index (χ0n) is 10.8. The van der Waals surface area contributed by atoms with Crippen molar-refractivity contribution < 1.29 is 14.3 Å². The molecule has 5 nitrogen and oxygen atoms in total. The van der Waals surface area contributed by atoms with Crippen LogP contribution in [0.1, 0.15) is 20.8 Å². The summed E-state index contributed by atoms with van der Waals surface area (Å²) in [5, 5.41) is 0. The molecule has 2 fully saturated rings. The number of rotatable bonds is 0.